The van der Waals surface area contributed by atoms with Crippen LogP contribution in [-0.4, -0.2) is 44.6 Å². The molecule has 1 unspecified atom stereocenters. The molecule has 1 atom stereocenters. The zero-order valence-electron chi connectivity index (χ0n) is 8.81. The molecule has 0 radical (unpaired) electrons. The summed E-state index contributed by atoms with van der Waals surface area (Å²) in [5, 5.41) is 8.84. The molecular weight excluding hydrogens is 224 g/mol. The van der Waals surface area contributed by atoms with Crippen LogP contribution >= 0.6 is 0 Å². The fourth-order valence-electron chi connectivity index (χ4n) is 0.911. The molecule has 0 aromatic carbocycles. The molecule has 0 aromatic heterocycles. The van der Waals surface area contributed by atoms with Crippen LogP contribution in [0.5, 0.6) is 0 Å². The normalized spacial score (nSPS) is 15.4. The molecule has 0 bridgehead atoms. The Hall–Kier alpha value is -1.11. The molecule has 0 spiro atoms. The summed E-state index contributed by atoms with van der Waals surface area (Å²) in [6.45, 7) is 1.15. The van der Waals surface area contributed by atoms with Gasteiger partial charge in [-0.05, 0) is 13.3 Å². The van der Waals surface area contributed by atoms with Gasteiger partial charge in [-0.2, -0.15) is 0 Å². The first-order valence-corrected chi connectivity index (χ1v) is 6.19. The van der Waals surface area contributed by atoms with Crippen LogP contribution in [0.3, 0.4) is 0 Å². The first-order valence-electron chi connectivity index (χ1n) is 4.13. The van der Waals surface area contributed by atoms with Crippen LogP contribution in [0.1, 0.15) is 13.3 Å². The van der Waals surface area contributed by atoms with Crippen LogP contribution in [0.4, 0.5) is 0 Å². The van der Waals surface area contributed by atoms with Gasteiger partial charge < -0.3 is 9.84 Å². The van der Waals surface area contributed by atoms with Gasteiger partial charge in [0.2, 0.25) is 0 Å². The lowest BCUT2D eigenvalue weighted by Crippen LogP contribution is -2.39. The van der Waals surface area contributed by atoms with Gasteiger partial charge in [0.15, 0.2) is 5.41 Å². The van der Waals surface area contributed by atoms with Gasteiger partial charge in [-0.15, -0.1) is 0 Å². The van der Waals surface area contributed by atoms with Crippen LogP contribution < -0.4 is 0 Å². The van der Waals surface area contributed by atoms with Crippen molar-refractivity contribution in [1.29, 1.82) is 0 Å². The van der Waals surface area contributed by atoms with Crippen LogP contribution in [0.15, 0.2) is 0 Å². The van der Waals surface area contributed by atoms with Crippen molar-refractivity contribution in [2.24, 2.45) is 5.41 Å². The van der Waals surface area contributed by atoms with E-state index in [1.807, 2.05) is 0 Å². The molecule has 0 amide bonds. The highest BCUT2D eigenvalue weighted by Gasteiger charge is 2.42. The Morgan fingerprint density at radius 3 is 2.13 bits per heavy atom. The molecule has 15 heavy (non-hydrogen) atoms. The van der Waals surface area contributed by atoms with Crippen molar-refractivity contribution < 1.29 is 27.9 Å². The first-order chi connectivity index (χ1) is 6.63. The average molecular weight is 238 g/mol. The molecule has 0 heterocycles. The van der Waals surface area contributed by atoms with Crippen molar-refractivity contribution >= 4 is 21.8 Å². The maximum absolute atomic E-state index is 11.2. The van der Waals surface area contributed by atoms with Crippen LogP contribution in [0.25, 0.3) is 0 Å². The summed E-state index contributed by atoms with van der Waals surface area (Å²) in [5.41, 5.74) is -1.81. The Bertz CT molecular complexity index is 357. The minimum absolute atomic E-state index is 0.298. The summed E-state index contributed by atoms with van der Waals surface area (Å²) < 4.78 is 26.1. The fourth-order valence-corrected chi connectivity index (χ4v) is 1.69. The largest absolute Gasteiger partial charge is 0.480 e. The minimum atomic E-state index is -3.30. The van der Waals surface area contributed by atoms with Gasteiger partial charge in [0.25, 0.3) is 0 Å². The molecule has 0 saturated heterocycles. The monoisotopic (exact) mass is 238 g/mol. The van der Waals surface area contributed by atoms with Gasteiger partial charge in [-0.1, -0.05) is 0 Å². The van der Waals surface area contributed by atoms with Crippen molar-refractivity contribution in [3.05, 3.63) is 0 Å². The Kier molecular flexibility index (Phi) is 4.27. The second-order valence-corrected chi connectivity index (χ2v) is 5.77. The van der Waals surface area contributed by atoms with E-state index in [1.54, 1.807) is 0 Å². The third kappa shape index (κ3) is 3.86. The standard InChI is InChI=1S/C8H14O6S/c1-8(6(9)10,7(11)14-2)4-5-15(3,12)13/h4-5H2,1-3H3,(H,9,10). The number of carboxylic acids is 1. The number of rotatable bonds is 5. The van der Waals surface area contributed by atoms with E-state index in [1.165, 1.54) is 0 Å². The summed E-state index contributed by atoms with van der Waals surface area (Å²) >= 11 is 0. The highest BCUT2D eigenvalue weighted by molar-refractivity contribution is 7.90. The highest BCUT2D eigenvalue weighted by atomic mass is 32.2. The van der Waals surface area contributed by atoms with E-state index >= 15 is 0 Å². The zero-order chi connectivity index (χ0) is 12.3. The molecule has 0 aliphatic heterocycles. The molecular formula is C8H14O6S. The third-order valence-corrected chi connectivity index (χ3v) is 3.03. The Morgan fingerprint density at radius 1 is 1.40 bits per heavy atom. The number of sulfone groups is 1. The second kappa shape index (κ2) is 4.61. The van der Waals surface area contributed by atoms with Crippen molar-refractivity contribution in [3.63, 3.8) is 0 Å². The molecule has 0 saturated carbocycles. The summed E-state index contributed by atoms with van der Waals surface area (Å²) in [4.78, 5) is 22.0. The van der Waals surface area contributed by atoms with Gasteiger partial charge in [0, 0.05) is 6.26 Å². The quantitative estimate of drug-likeness (QED) is 0.521. The van der Waals surface area contributed by atoms with E-state index in [0.717, 1.165) is 20.3 Å². The molecule has 0 fully saturated rings. The average Bonchev–Trinajstić information content (AvgIpc) is 2.11. The smallest absolute Gasteiger partial charge is 0.322 e. The molecule has 7 heteroatoms. The summed E-state index contributed by atoms with van der Waals surface area (Å²) in [6.07, 6.45) is 0.681. The fraction of sp³-hybridized carbons (Fsp3) is 0.750. The molecule has 1 N–H and O–H groups in total. The van der Waals surface area contributed by atoms with E-state index < -0.39 is 27.2 Å². The maximum atomic E-state index is 11.2. The predicted octanol–water partition coefficient (Wildman–Crippen LogP) is -0.315. The van der Waals surface area contributed by atoms with Crippen molar-refractivity contribution in [2.45, 2.75) is 13.3 Å². The molecule has 6 nitrogen and oxygen atoms in total. The van der Waals surface area contributed by atoms with Gasteiger partial charge in [0.1, 0.15) is 9.84 Å². The number of carbonyl (C=O) groups is 2. The lowest BCUT2D eigenvalue weighted by atomic mass is 9.88. The number of esters is 1. The number of hydrogen-bond acceptors (Lipinski definition) is 5. The number of methoxy groups -OCH3 is 1. The van der Waals surface area contributed by atoms with Crippen LogP contribution in [0, 0.1) is 5.41 Å². The van der Waals surface area contributed by atoms with E-state index in [2.05, 4.69) is 4.74 Å². The van der Waals surface area contributed by atoms with Crippen molar-refractivity contribution in [2.75, 3.05) is 19.1 Å². The van der Waals surface area contributed by atoms with Gasteiger partial charge in [-0.3, -0.25) is 9.59 Å². The minimum Gasteiger partial charge on any atom is -0.480 e. The van der Waals surface area contributed by atoms with Gasteiger partial charge >= 0.3 is 11.9 Å². The molecule has 0 aromatic rings. The number of carboxylic acid groups (broad SMARTS) is 1. The van der Waals surface area contributed by atoms with E-state index in [9.17, 15) is 18.0 Å². The van der Waals surface area contributed by atoms with E-state index in [4.69, 9.17) is 5.11 Å². The topological polar surface area (TPSA) is 97.7 Å². The molecule has 0 aliphatic carbocycles. The summed E-state index contributed by atoms with van der Waals surface area (Å²) in [5.74, 6) is -2.71. The van der Waals surface area contributed by atoms with Gasteiger partial charge in [0.05, 0.1) is 12.9 Å². The SMILES string of the molecule is COC(=O)C(C)(CCS(C)(=O)=O)C(=O)O. The third-order valence-electron chi connectivity index (χ3n) is 2.08. The summed E-state index contributed by atoms with van der Waals surface area (Å²) in [6, 6.07) is 0. The maximum Gasteiger partial charge on any atom is 0.322 e. The number of hydrogen-bond donors (Lipinski definition) is 1. The molecule has 0 rings (SSSR count). The van der Waals surface area contributed by atoms with Crippen LogP contribution in [0.2, 0.25) is 0 Å². The Balaban J connectivity index is 4.84. The Morgan fingerprint density at radius 2 is 1.87 bits per heavy atom. The van der Waals surface area contributed by atoms with E-state index in [-0.39, 0.29) is 12.2 Å². The lowest BCUT2D eigenvalue weighted by molar-refractivity contribution is -0.165. The second-order valence-electron chi connectivity index (χ2n) is 3.51. The zero-order valence-corrected chi connectivity index (χ0v) is 9.63. The molecule has 88 valence electrons. The Labute approximate surface area is 88.2 Å². The number of aliphatic carboxylic acids is 1. The molecule has 0 aliphatic rings. The predicted molar refractivity (Wildman–Crippen MR) is 52.1 cm³/mol. The number of ether oxygens (including phenoxy) is 1. The highest BCUT2D eigenvalue weighted by Crippen LogP contribution is 2.24. The summed E-state index contributed by atoms with van der Waals surface area (Å²) in [7, 11) is -2.24. The lowest BCUT2D eigenvalue weighted by Gasteiger charge is -2.20. The van der Waals surface area contributed by atoms with Gasteiger partial charge in [-0.25, -0.2) is 8.42 Å². The number of carbonyl (C=O) groups excluding carboxylic acids is 1. The van der Waals surface area contributed by atoms with Crippen molar-refractivity contribution in [1.82, 2.24) is 0 Å². The van der Waals surface area contributed by atoms with Crippen LogP contribution in [-0.2, 0) is 24.2 Å². The van der Waals surface area contributed by atoms with Crippen molar-refractivity contribution in [3.8, 4) is 0 Å². The first kappa shape index (κ1) is 13.9. The van der Waals surface area contributed by atoms with E-state index in [0.29, 0.717) is 0 Å².